The number of benzene rings is 2. The zero-order valence-electron chi connectivity index (χ0n) is 14.6. The normalized spacial score (nSPS) is 11.4. The van der Waals surface area contributed by atoms with E-state index < -0.39 is 15.8 Å². The highest BCUT2D eigenvalue weighted by molar-refractivity contribution is 7.92. The van der Waals surface area contributed by atoms with Crippen molar-refractivity contribution >= 4 is 54.0 Å². The van der Waals surface area contributed by atoms with Gasteiger partial charge in [0.15, 0.2) is 5.13 Å². The summed E-state index contributed by atoms with van der Waals surface area (Å²) in [5.74, 6) is -0.711. The van der Waals surface area contributed by atoms with Gasteiger partial charge in [-0.3, -0.25) is 9.52 Å². The van der Waals surface area contributed by atoms with Gasteiger partial charge in [-0.25, -0.2) is 17.8 Å². The highest BCUT2D eigenvalue weighted by Gasteiger charge is 2.14. The zero-order chi connectivity index (χ0) is 19.6. The summed E-state index contributed by atoms with van der Waals surface area (Å²) in [6, 6.07) is 11.1. The highest BCUT2D eigenvalue weighted by Crippen LogP contribution is 2.29. The Hall–Kier alpha value is -2.72. The third-order valence-corrected chi connectivity index (χ3v) is 5.26. The molecule has 0 spiro atoms. The molecule has 0 atom stereocenters. The second-order valence-corrected chi connectivity index (χ2v) is 8.70. The van der Waals surface area contributed by atoms with Crippen LogP contribution in [0.25, 0.3) is 10.2 Å². The lowest BCUT2D eigenvalue weighted by atomic mass is 10.3. The summed E-state index contributed by atoms with van der Waals surface area (Å²) < 4.78 is 39.4. The van der Waals surface area contributed by atoms with E-state index in [-0.39, 0.29) is 18.0 Å². The zero-order valence-corrected chi connectivity index (χ0v) is 16.2. The Bertz CT molecular complexity index is 1100. The van der Waals surface area contributed by atoms with Gasteiger partial charge >= 0.3 is 0 Å². The fourth-order valence-corrected chi connectivity index (χ4v) is 3.92. The van der Waals surface area contributed by atoms with Crippen molar-refractivity contribution in [1.29, 1.82) is 0 Å². The topological polar surface area (TPSA) is 91.4 Å². The number of para-hydroxylation sites is 1. The summed E-state index contributed by atoms with van der Waals surface area (Å²) in [5, 5.41) is 3.23. The van der Waals surface area contributed by atoms with Gasteiger partial charge in [-0.15, -0.1) is 0 Å². The standard InChI is InChI=1S/C17H17FN4O3S2/c1-22(17-20-16-13(18)7-4-8-14(16)26-17)10-15(23)19-11-5-3-6-12(9-11)21-27(2,24)25/h3-9,21H,10H2,1-2H3,(H,19,23). The molecule has 0 fully saturated rings. The van der Waals surface area contributed by atoms with Crippen molar-refractivity contribution in [1.82, 2.24) is 4.98 Å². The lowest BCUT2D eigenvalue weighted by Crippen LogP contribution is -2.30. The number of likely N-dealkylation sites (N-methyl/N-ethyl adjacent to an activating group) is 1. The molecule has 0 aliphatic carbocycles. The molecule has 1 amide bonds. The molecule has 0 aliphatic heterocycles. The molecule has 0 aliphatic rings. The fraction of sp³-hybridized carbons (Fsp3) is 0.176. The second kappa shape index (κ2) is 7.49. The molecule has 0 radical (unpaired) electrons. The first kappa shape index (κ1) is 19.1. The molecule has 0 unspecified atom stereocenters. The van der Waals surface area contributed by atoms with Gasteiger partial charge in [0.05, 0.1) is 23.2 Å². The Morgan fingerprint density at radius 3 is 2.63 bits per heavy atom. The van der Waals surface area contributed by atoms with Crippen LogP contribution in [0.15, 0.2) is 42.5 Å². The number of rotatable bonds is 6. The fourth-order valence-electron chi connectivity index (χ4n) is 2.42. The molecule has 0 saturated carbocycles. The maximum atomic E-state index is 13.8. The van der Waals surface area contributed by atoms with Crippen LogP contribution in [0.2, 0.25) is 0 Å². The molecule has 2 aromatic carbocycles. The Balaban J connectivity index is 1.68. The number of nitrogens with zero attached hydrogens (tertiary/aromatic N) is 2. The van der Waals surface area contributed by atoms with Gasteiger partial charge in [0, 0.05) is 12.7 Å². The molecular weight excluding hydrogens is 391 g/mol. The van der Waals surface area contributed by atoms with Gasteiger partial charge in [-0.05, 0) is 30.3 Å². The summed E-state index contributed by atoms with van der Waals surface area (Å²) in [6.45, 7) is 0.00513. The summed E-state index contributed by atoms with van der Waals surface area (Å²) in [5.41, 5.74) is 1.09. The molecule has 1 heterocycles. The van der Waals surface area contributed by atoms with Crippen molar-refractivity contribution in [2.75, 3.05) is 34.8 Å². The lowest BCUT2D eigenvalue weighted by Gasteiger charge is -2.15. The van der Waals surface area contributed by atoms with Crippen LogP contribution >= 0.6 is 11.3 Å². The van der Waals surface area contributed by atoms with Crippen LogP contribution in [-0.4, -0.2) is 39.2 Å². The number of hydrogen-bond acceptors (Lipinski definition) is 6. The number of anilines is 3. The molecule has 0 saturated heterocycles. The van der Waals surface area contributed by atoms with Crippen molar-refractivity contribution in [3.05, 3.63) is 48.3 Å². The van der Waals surface area contributed by atoms with Crippen molar-refractivity contribution < 1.29 is 17.6 Å². The van der Waals surface area contributed by atoms with Crippen molar-refractivity contribution in [2.24, 2.45) is 0 Å². The van der Waals surface area contributed by atoms with Crippen LogP contribution in [0, 0.1) is 5.82 Å². The Labute approximate surface area is 159 Å². The summed E-state index contributed by atoms with van der Waals surface area (Å²) in [4.78, 5) is 18.1. The molecule has 10 heteroatoms. The average Bonchev–Trinajstić information content (AvgIpc) is 2.99. The van der Waals surface area contributed by atoms with E-state index in [0.29, 0.717) is 21.2 Å². The first-order valence-corrected chi connectivity index (χ1v) is 10.6. The number of nitrogens with one attached hydrogen (secondary N) is 2. The predicted octanol–water partition coefficient (Wildman–Crippen LogP) is 2.88. The van der Waals surface area contributed by atoms with E-state index in [1.807, 2.05) is 0 Å². The lowest BCUT2D eigenvalue weighted by molar-refractivity contribution is -0.114. The number of carbonyl (C=O) groups is 1. The molecule has 3 aromatic rings. The Morgan fingerprint density at radius 1 is 1.22 bits per heavy atom. The van der Waals surface area contributed by atoms with Crippen LogP contribution in [0.5, 0.6) is 0 Å². The van der Waals surface area contributed by atoms with E-state index >= 15 is 0 Å². The maximum absolute atomic E-state index is 13.8. The largest absolute Gasteiger partial charge is 0.342 e. The number of hydrogen-bond donors (Lipinski definition) is 2. The summed E-state index contributed by atoms with van der Waals surface area (Å²) >= 11 is 1.29. The molecule has 1 aromatic heterocycles. The quantitative estimate of drug-likeness (QED) is 0.654. The van der Waals surface area contributed by atoms with Gasteiger partial charge in [-0.1, -0.05) is 23.5 Å². The number of amides is 1. The molecule has 7 nitrogen and oxygen atoms in total. The first-order chi connectivity index (χ1) is 12.7. The molecule has 3 rings (SSSR count). The van der Waals surface area contributed by atoms with Crippen LogP contribution in [0.3, 0.4) is 0 Å². The maximum Gasteiger partial charge on any atom is 0.243 e. The SMILES string of the molecule is CN(CC(=O)Nc1cccc(NS(C)(=O)=O)c1)c1nc2c(F)cccc2s1. The highest BCUT2D eigenvalue weighted by atomic mass is 32.2. The Morgan fingerprint density at radius 2 is 1.93 bits per heavy atom. The summed E-state index contributed by atoms with van der Waals surface area (Å²) in [6.07, 6.45) is 1.05. The van der Waals surface area contributed by atoms with E-state index in [1.54, 1.807) is 42.3 Å². The minimum Gasteiger partial charge on any atom is -0.342 e. The smallest absolute Gasteiger partial charge is 0.243 e. The van der Waals surface area contributed by atoms with Crippen LogP contribution in [0.4, 0.5) is 20.9 Å². The van der Waals surface area contributed by atoms with Crippen molar-refractivity contribution in [3.63, 3.8) is 0 Å². The molecule has 0 bridgehead atoms. The Kier molecular flexibility index (Phi) is 5.29. The van der Waals surface area contributed by atoms with Crippen LogP contribution < -0.4 is 14.9 Å². The second-order valence-electron chi connectivity index (χ2n) is 5.94. The number of halogens is 1. The van der Waals surface area contributed by atoms with Gasteiger partial charge in [-0.2, -0.15) is 0 Å². The number of carbonyl (C=O) groups excluding carboxylic acids is 1. The first-order valence-electron chi connectivity index (χ1n) is 7.85. The number of aromatic nitrogens is 1. The average molecular weight is 408 g/mol. The van der Waals surface area contributed by atoms with E-state index in [0.717, 1.165) is 6.26 Å². The van der Waals surface area contributed by atoms with Gasteiger partial charge in [0.1, 0.15) is 11.3 Å². The van der Waals surface area contributed by atoms with E-state index in [4.69, 9.17) is 0 Å². The molecule has 142 valence electrons. The summed E-state index contributed by atoms with van der Waals surface area (Å²) in [7, 11) is -1.71. The van der Waals surface area contributed by atoms with E-state index in [9.17, 15) is 17.6 Å². The third-order valence-electron chi connectivity index (χ3n) is 3.52. The van der Waals surface area contributed by atoms with Crippen molar-refractivity contribution in [2.45, 2.75) is 0 Å². The van der Waals surface area contributed by atoms with Gasteiger partial charge < -0.3 is 10.2 Å². The molecule has 2 N–H and O–H groups in total. The minimum absolute atomic E-state index is 0.00513. The van der Waals surface area contributed by atoms with E-state index in [1.165, 1.54) is 23.5 Å². The minimum atomic E-state index is -3.40. The number of thiazole rings is 1. The van der Waals surface area contributed by atoms with Gasteiger partial charge in [0.25, 0.3) is 0 Å². The number of sulfonamides is 1. The van der Waals surface area contributed by atoms with Crippen LogP contribution in [0.1, 0.15) is 0 Å². The number of fused-ring (bicyclic) bond motifs is 1. The third kappa shape index (κ3) is 4.92. The van der Waals surface area contributed by atoms with E-state index in [2.05, 4.69) is 15.0 Å². The monoisotopic (exact) mass is 408 g/mol. The van der Waals surface area contributed by atoms with Crippen molar-refractivity contribution in [3.8, 4) is 0 Å². The predicted molar refractivity (Wildman–Crippen MR) is 106 cm³/mol. The molecular formula is C17H17FN4O3S2. The van der Waals surface area contributed by atoms with Crippen LogP contribution in [-0.2, 0) is 14.8 Å². The van der Waals surface area contributed by atoms with Gasteiger partial charge in [0.2, 0.25) is 15.9 Å². The molecule has 27 heavy (non-hydrogen) atoms.